The molecule has 0 aromatic heterocycles. The van der Waals surface area contributed by atoms with Crippen molar-refractivity contribution in [2.75, 3.05) is 6.54 Å². The van der Waals surface area contributed by atoms with Crippen LogP contribution in [0.5, 0.6) is 0 Å². The van der Waals surface area contributed by atoms with Gasteiger partial charge in [-0.05, 0) is 62.8 Å². The summed E-state index contributed by atoms with van der Waals surface area (Å²) in [6, 6.07) is 0.780. The van der Waals surface area contributed by atoms with E-state index < -0.39 is 0 Å². The minimum absolute atomic E-state index is 0.780. The molecule has 2 fully saturated rings. The average molecular weight is 312 g/mol. The predicted octanol–water partition coefficient (Wildman–Crippen LogP) is 5.49. The normalized spacial score (nSPS) is 37.9. The minimum Gasteiger partial charge on any atom is -0.313 e. The first-order chi connectivity index (χ1) is 10.1. The molecule has 2 saturated carbocycles. The summed E-state index contributed by atoms with van der Waals surface area (Å²) < 4.78 is 0. The van der Waals surface area contributed by atoms with Crippen LogP contribution in [0.15, 0.2) is 0 Å². The fourth-order valence-corrected chi connectivity index (χ4v) is 6.25. The Morgan fingerprint density at radius 1 is 1.10 bits per heavy atom. The van der Waals surface area contributed by atoms with Crippen LogP contribution in [-0.2, 0) is 0 Å². The molecule has 0 aromatic carbocycles. The van der Waals surface area contributed by atoms with Crippen molar-refractivity contribution >= 4 is 11.8 Å². The first-order valence-corrected chi connectivity index (χ1v) is 10.4. The predicted molar refractivity (Wildman–Crippen MR) is 97.1 cm³/mol. The Bertz CT molecular complexity index is 291. The molecule has 0 radical (unpaired) electrons. The zero-order valence-corrected chi connectivity index (χ0v) is 15.6. The fourth-order valence-electron chi connectivity index (χ4n) is 4.23. The highest BCUT2D eigenvalue weighted by molar-refractivity contribution is 8.00. The minimum atomic E-state index is 0.780. The highest BCUT2D eigenvalue weighted by atomic mass is 32.2. The maximum atomic E-state index is 3.86. The van der Waals surface area contributed by atoms with Gasteiger partial charge in [0.25, 0.3) is 0 Å². The topological polar surface area (TPSA) is 12.0 Å². The summed E-state index contributed by atoms with van der Waals surface area (Å²) >= 11 is 2.36. The molecular weight excluding hydrogens is 274 g/mol. The van der Waals surface area contributed by atoms with Gasteiger partial charge in [0, 0.05) is 16.5 Å². The van der Waals surface area contributed by atoms with Gasteiger partial charge < -0.3 is 5.32 Å². The van der Waals surface area contributed by atoms with Crippen LogP contribution in [0.3, 0.4) is 0 Å². The summed E-state index contributed by atoms with van der Waals surface area (Å²) in [5.74, 6) is 2.79. The van der Waals surface area contributed by atoms with Crippen LogP contribution >= 0.6 is 11.8 Å². The lowest BCUT2D eigenvalue weighted by molar-refractivity contribution is 0.245. The van der Waals surface area contributed by atoms with Crippen molar-refractivity contribution in [3.8, 4) is 0 Å². The van der Waals surface area contributed by atoms with Crippen LogP contribution in [0.25, 0.3) is 0 Å². The monoisotopic (exact) mass is 311 g/mol. The van der Waals surface area contributed by atoms with Crippen molar-refractivity contribution in [1.29, 1.82) is 0 Å². The van der Waals surface area contributed by atoms with Gasteiger partial charge in [0.15, 0.2) is 0 Å². The van der Waals surface area contributed by atoms with Crippen LogP contribution < -0.4 is 5.32 Å². The zero-order valence-electron chi connectivity index (χ0n) is 14.7. The molecule has 124 valence electrons. The summed E-state index contributed by atoms with van der Waals surface area (Å²) in [6.07, 6.45) is 11.4. The van der Waals surface area contributed by atoms with E-state index in [1.165, 1.54) is 57.9 Å². The molecule has 0 aliphatic heterocycles. The SMILES string of the molecule is CCCNC1CCC(C(C)C)CC1SC1CCCC(C)C1. The lowest BCUT2D eigenvalue weighted by atomic mass is 9.79. The van der Waals surface area contributed by atoms with Crippen LogP contribution in [0.4, 0.5) is 0 Å². The molecule has 0 amide bonds. The van der Waals surface area contributed by atoms with E-state index in [4.69, 9.17) is 0 Å². The van der Waals surface area contributed by atoms with Gasteiger partial charge in [-0.15, -0.1) is 0 Å². The Kier molecular flexibility index (Phi) is 7.41. The smallest absolute Gasteiger partial charge is 0.0206 e. The Morgan fingerprint density at radius 2 is 1.90 bits per heavy atom. The highest BCUT2D eigenvalue weighted by Gasteiger charge is 2.34. The fraction of sp³-hybridized carbons (Fsp3) is 1.00. The molecule has 2 heteroatoms. The Hall–Kier alpha value is 0.310. The Balaban J connectivity index is 1.91. The van der Waals surface area contributed by atoms with E-state index in [9.17, 15) is 0 Å². The lowest BCUT2D eigenvalue weighted by Crippen LogP contribution is -2.44. The van der Waals surface area contributed by atoms with Crippen molar-refractivity contribution in [2.45, 2.75) is 95.6 Å². The summed E-state index contributed by atoms with van der Waals surface area (Å²) in [6.45, 7) is 10.8. The van der Waals surface area contributed by atoms with Gasteiger partial charge in [-0.3, -0.25) is 0 Å². The number of hydrogen-bond acceptors (Lipinski definition) is 2. The summed E-state index contributed by atoms with van der Waals surface area (Å²) in [4.78, 5) is 0. The number of rotatable bonds is 6. The van der Waals surface area contributed by atoms with Gasteiger partial charge in [-0.2, -0.15) is 11.8 Å². The lowest BCUT2D eigenvalue weighted by Gasteiger charge is -2.40. The van der Waals surface area contributed by atoms with Gasteiger partial charge in [-0.1, -0.05) is 40.5 Å². The van der Waals surface area contributed by atoms with Gasteiger partial charge >= 0.3 is 0 Å². The van der Waals surface area contributed by atoms with Crippen LogP contribution in [0.2, 0.25) is 0 Å². The number of thioether (sulfide) groups is 1. The van der Waals surface area contributed by atoms with Crippen molar-refractivity contribution in [3.05, 3.63) is 0 Å². The zero-order chi connectivity index (χ0) is 15.2. The van der Waals surface area contributed by atoms with Crippen molar-refractivity contribution in [2.24, 2.45) is 17.8 Å². The molecule has 5 unspecified atom stereocenters. The maximum Gasteiger partial charge on any atom is 0.0206 e. The second-order valence-corrected chi connectivity index (χ2v) is 9.49. The molecule has 2 rings (SSSR count). The highest BCUT2D eigenvalue weighted by Crippen LogP contribution is 2.41. The summed E-state index contributed by atoms with van der Waals surface area (Å²) in [5.41, 5.74) is 0. The van der Waals surface area contributed by atoms with E-state index >= 15 is 0 Å². The number of hydrogen-bond donors (Lipinski definition) is 1. The first kappa shape index (κ1) is 17.7. The van der Waals surface area contributed by atoms with E-state index in [1.807, 2.05) is 0 Å². The quantitative estimate of drug-likeness (QED) is 0.696. The molecule has 0 spiro atoms. The van der Waals surface area contributed by atoms with Gasteiger partial charge in [-0.25, -0.2) is 0 Å². The average Bonchev–Trinajstić information content (AvgIpc) is 2.46. The summed E-state index contributed by atoms with van der Waals surface area (Å²) in [5, 5.41) is 5.67. The first-order valence-electron chi connectivity index (χ1n) is 9.49. The largest absolute Gasteiger partial charge is 0.313 e. The molecule has 0 bridgehead atoms. The molecular formula is C19H37NS. The Morgan fingerprint density at radius 3 is 2.57 bits per heavy atom. The molecule has 0 saturated heterocycles. The molecule has 2 aliphatic carbocycles. The molecule has 1 N–H and O–H groups in total. The maximum absolute atomic E-state index is 3.86. The van der Waals surface area contributed by atoms with Crippen LogP contribution in [0.1, 0.15) is 79.1 Å². The molecule has 5 atom stereocenters. The van der Waals surface area contributed by atoms with Crippen molar-refractivity contribution in [3.63, 3.8) is 0 Å². The van der Waals surface area contributed by atoms with Crippen LogP contribution in [-0.4, -0.2) is 23.1 Å². The van der Waals surface area contributed by atoms with Crippen molar-refractivity contribution < 1.29 is 0 Å². The van der Waals surface area contributed by atoms with E-state index in [2.05, 4.69) is 44.8 Å². The van der Waals surface area contributed by atoms with E-state index in [1.54, 1.807) is 0 Å². The standard InChI is InChI=1S/C19H37NS/c1-5-11-20-18-10-9-16(14(2)3)13-19(18)21-17-8-6-7-15(4)12-17/h14-20H,5-13H2,1-4H3. The second-order valence-electron chi connectivity index (χ2n) is 7.95. The van der Waals surface area contributed by atoms with E-state index in [0.29, 0.717) is 0 Å². The third kappa shape index (κ3) is 5.46. The third-order valence-electron chi connectivity index (χ3n) is 5.69. The van der Waals surface area contributed by atoms with Crippen molar-refractivity contribution in [1.82, 2.24) is 5.32 Å². The molecule has 1 nitrogen and oxygen atoms in total. The van der Waals surface area contributed by atoms with E-state index in [0.717, 1.165) is 34.3 Å². The molecule has 0 heterocycles. The van der Waals surface area contributed by atoms with Gasteiger partial charge in [0.1, 0.15) is 0 Å². The third-order valence-corrected chi connectivity index (χ3v) is 7.37. The van der Waals surface area contributed by atoms with Gasteiger partial charge in [0.2, 0.25) is 0 Å². The molecule has 0 aromatic rings. The van der Waals surface area contributed by atoms with E-state index in [-0.39, 0.29) is 0 Å². The molecule has 2 aliphatic rings. The number of nitrogens with one attached hydrogen (secondary N) is 1. The molecule has 21 heavy (non-hydrogen) atoms. The second kappa shape index (κ2) is 8.82. The van der Waals surface area contributed by atoms with Gasteiger partial charge in [0.05, 0.1) is 0 Å². The summed E-state index contributed by atoms with van der Waals surface area (Å²) in [7, 11) is 0. The Labute approximate surface area is 137 Å². The van der Waals surface area contributed by atoms with Crippen LogP contribution in [0, 0.1) is 17.8 Å².